The molecule has 0 spiro atoms. The zero-order valence-electron chi connectivity index (χ0n) is 20.0. The number of fused-ring (bicyclic) bond motifs is 2. The molecule has 0 fully saturated rings. The first-order valence-corrected chi connectivity index (χ1v) is 12.5. The molecule has 5 aromatic rings. The molecule has 3 heterocycles. The van der Waals surface area contributed by atoms with Crippen LogP contribution in [0.5, 0.6) is 5.75 Å². The number of nitrogens with zero attached hydrogens (tertiary/aromatic N) is 2. The molecule has 5 rings (SSSR count). The number of esters is 1. The highest BCUT2D eigenvalue weighted by Crippen LogP contribution is 2.40. The van der Waals surface area contributed by atoms with Crippen molar-refractivity contribution in [1.29, 1.82) is 0 Å². The summed E-state index contributed by atoms with van der Waals surface area (Å²) in [6.45, 7) is 4.66. The zero-order valence-corrected chi connectivity index (χ0v) is 20.8. The summed E-state index contributed by atoms with van der Waals surface area (Å²) in [6.07, 6.45) is 5.09. The van der Waals surface area contributed by atoms with Gasteiger partial charge in [0.2, 0.25) is 0 Å². The minimum Gasteiger partial charge on any atom is -0.493 e. The Labute approximate surface area is 208 Å². The van der Waals surface area contributed by atoms with Crippen molar-refractivity contribution in [2.45, 2.75) is 26.7 Å². The predicted molar refractivity (Wildman–Crippen MR) is 141 cm³/mol. The van der Waals surface area contributed by atoms with Crippen LogP contribution in [0.4, 0.5) is 0 Å². The third-order valence-corrected chi connectivity index (χ3v) is 7.53. The molecule has 35 heavy (non-hydrogen) atoms. The van der Waals surface area contributed by atoms with E-state index in [1.165, 1.54) is 17.2 Å². The van der Waals surface area contributed by atoms with Gasteiger partial charge in [-0.05, 0) is 59.7 Å². The van der Waals surface area contributed by atoms with Crippen LogP contribution in [0.2, 0.25) is 0 Å². The van der Waals surface area contributed by atoms with Gasteiger partial charge in [0.05, 0.1) is 40.8 Å². The smallest absolute Gasteiger partial charge is 0.338 e. The number of ether oxygens (including phenoxy) is 2. The number of aromatic nitrogens is 2. The topological polar surface area (TPSA) is 61.3 Å². The van der Waals surface area contributed by atoms with Crippen LogP contribution in [0.3, 0.4) is 0 Å². The van der Waals surface area contributed by atoms with Gasteiger partial charge in [0.15, 0.2) is 0 Å². The van der Waals surface area contributed by atoms with Crippen LogP contribution >= 0.6 is 11.3 Å². The number of hydrogen-bond acceptors (Lipinski definition) is 6. The maximum absolute atomic E-state index is 13.0. The summed E-state index contributed by atoms with van der Waals surface area (Å²) in [4.78, 5) is 23.3. The highest BCUT2D eigenvalue weighted by Gasteiger charge is 2.22. The lowest BCUT2D eigenvalue weighted by atomic mass is 10.00. The van der Waals surface area contributed by atoms with Gasteiger partial charge in [-0.3, -0.25) is 4.98 Å². The Bertz CT molecular complexity index is 1530. The number of rotatable bonds is 7. The van der Waals surface area contributed by atoms with Gasteiger partial charge in [-0.25, -0.2) is 9.78 Å². The quantitative estimate of drug-likeness (QED) is 0.239. The molecule has 6 heteroatoms. The summed E-state index contributed by atoms with van der Waals surface area (Å²) in [5.74, 6) is 0.233. The van der Waals surface area contributed by atoms with Crippen molar-refractivity contribution in [1.82, 2.24) is 9.97 Å². The van der Waals surface area contributed by atoms with Crippen molar-refractivity contribution in [3.05, 3.63) is 89.2 Å². The van der Waals surface area contributed by atoms with E-state index in [9.17, 15) is 4.79 Å². The Morgan fingerprint density at radius 3 is 2.69 bits per heavy atom. The number of carbonyl (C=O) groups is 1. The lowest BCUT2D eigenvalue weighted by Crippen LogP contribution is -2.08. The minimum absolute atomic E-state index is 0.400. The lowest BCUT2D eigenvalue weighted by molar-refractivity contribution is 0.0602. The first-order chi connectivity index (χ1) is 17.1. The molecule has 0 unspecified atom stereocenters. The molecule has 0 aliphatic carbocycles. The van der Waals surface area contributed by atoms with Crippen LogP contribution in [0.25, 0.3) is 31.6 Å². The van der Waals surface area contributed by atoms with Crippen molar-refractivity contribution >= 4 is 38.3 Å². The van der Waals surface area contributed by atoms with Gasteiger partial charge in [0.25, 0.3) is 0 Å². The summed E-state index contributed by atoms with van der Waals surface area (Å²) >= 11 is 1.69. The number of methoxy groups -OCH3 is 1. The molecule has 0 atom stereocenters. The average molecular weight is 483 g/mol. The Morgan fingerprint density at radius 2 is 1.94 bits per heavy atom. The third kappa shape index (κ3) is 4.37. The second-order valence-electron chi connectivity index (χ2n) is 8.36. The van der Waals surface area contributed by atoms with Crippen molar-refractivity contribution < 1.29 is 14.3 Å². The molecule has 0 amide bonds. The number of hydrogen-bond donors (Lipinski definition) is 0. The van der Waals surface area contributed by atoms with E-state index in [4.69, 9.17) is 14.5 Å². The van der Waals surface area contributed by atoms with E-state index in [1.54, 1.807) is 17.5 Å². The van der Waals surface area contributed by atoms with Gasteiger partial charge in [-0.15, -0.1) is 11.3 Å². The molecule has 0 radical (unpaired) electrons. The summed E-state index contributed by atoms with van der Waals surface area (Å²) in [5, 5.41) is 1.90. The van der Waals surface area contributed by atoms with Gasteiger partial charge in [0, 0.05) is 23.5 Å². The third-order valence-electron chi connectivity index (χ3n) is 6.24. The summed E-state index contributed by atoms with van der Waals surface area (Å²) in [6, 6.07) is 18.1. The molecule has 176 valence electrons. The first-order valence-electron chi connectivity index (χ1n) is 11.7. The molecule has 0 aliphatic heterocycles. The molecule has 2 aromatic carbocycles. The maximum Gasteiger partial charge on any atom is 0.338 e. The second-order valence-corrected chi connectivity index (χ2v) is 9.41. The maximum atomic E-state index is 13.0. The summed E-state index contributed by atoms with van der Waals surface area (Å²) < 4.78 is 12.6. The molecular formula is C29H26N2O3S. The largest absolute Gasteiger partial charge is 0.493 e. The number of aryl methyl sites for hydroxylation is 2. The van der Waals surface area contributed by atoms with Crippen LogP contribution in [0.1, 0.15) is 34.0 Å². The Balaban J connectivity index is 1.65. The Kier molecular flexibility index (Phi) is 6.47. The average Bonchev–Trinajstić information content (AvgIpc) is 3.24. The van der Waals surface area contributed by atoms with E-state index in [0.29, 0.717) is 29.7 Å². The monoisotopic (exact) mass is 482 g/mol. The normalized spacial score (nSPS) is 11.2. The van der Waals surface area contributed by atoms with Crippen LogP contribution in [-0.4, -0.2) is 29.7 Å². The fourth-order valence-corrected chi connectivity index (χ4v) is 5.57. The van der Waals surface area contributed by atoms with Crippen molar-refractivity contribution in [3.8, 4) is 16.3 Å². The molecule has 0 bridgehead atoms. The minimum atomic E-state index is -0.400. The van der Waals surface area contributed by atoms with E-state index in [0.717, 1.165) is 39.2 Å². The van der Waals surface area contributed by atoms with Crippen molar-refractivity contribution in [2.24, 2.45) is 0 Å². The number of benzene rings is 2. The number of pyridine rings is 2. The summed E-state index contributed by atoms with van der Waals surface area (Å²) in [7, 11) is 1.41. The van der Waals surface area contributed by atoms with Crippen LogP contribution in [0.15, 0.2) is 67.0 Å². The fourth-order valence-electron chi connectivity index (χ4n) is 4.40. The molecule has 0 saturated heterocycles. The van der Waals surface area contributed by atoms with Gasteiger partial charge in [-0.2, -0.15) is 0 Å². The van der Waals surface area contributed by atoms with E-state index < -0.39 is 5.97 Å². The molecular weight excluding hydrogens is 456 g/mol. The van der Waals surface area contributed by atoms with Gasteiger partial charge >= 0.3 is 5.97 Å². The van der Waals surface area contributed by atoms with E-state index in [1.807, 2.05) is 48.7 Å². The Morgan fingerprint density at radius 1 is 1.09 bits per heavy atom. The molecule has 5 nitrogen and oxygen atoms in total. The molecule has 0 N–H and O–H groups in total. The van der Waals surface area contributed by atoms with E-state index in [2.05, 4.69) is 31.0 Å². The van der Waals surface area contributed by atoms with Crippen LogP contribution in [0, 0.1) is 6.92 Å². The van der Waals surface area contributed by atoms with E-state index in [-0.39, 0.29) is 0 Å². The number of carbonyl (C=O) groups excluding carboxylic acids is 1. The molecule has 0 aliphatic rings. The Hall–Kier alpha value is -3.77. The lowest BCUT2D eigenvalue weighted by Gasteiger charge is -2.15. The van der Waals surface area contributed by atoms with Gasteiger partial charge in [-0.1, -0.05) is 37.3 Å². The van der Waals surface area contributed by atoms with Crippen LogP contribution in [-0.2, 0) is 17.6 Å². The highest BCUT2D eigenvalue weighted by atomic mass is 32.1. The van der Waals surface area contributed by atoms with Crippen molar-refractivity contribution in [2.75, 3.05) is 13.7 Å². The van der Waals surface area contributed by atoms with Gasteiger partial charge < -0.3 is 9.47 Å². The fraction of sp³-hybridized carbons (Fsp3) is 0.207. The van der Waals surface area contributed by atoms with E-state index >= 15 is 0 Å². The molecule has 0 saturated carbocycles. The first kappa shape index (κ1) is 23.0. The highest BCUT2D eigenvalue weighted by molar-refractivity contribution is 7.22. The standard InChI is InChI=1S/C29H26N2O3S/c1-4-20-11-12-24(34-15-13-19-8-7-14-30-17-19)26-22(29(32)33-3)16-23(31-27(20)26)28-18(2)21-9-5-6-10-25(21)35-28/h5-12,14,16-17H,4,13,15H2,1-3H3. The predicted octanol–water partition coefficient (Wildman–Crippen LogP) is 6.79. The SMILES string of the molecule is CCc1ccc(OCCc2cccnc2)c2c(C(=O)OC)cc(-c3sc4ccccc4c3C)nc12. The zero-order chi connectivity index (χ0) is 24.4. The molecule has 3 aromatic heterocycles. The second kappa shape index (κ2) is 9.84. The van der Waals surface area contributed by atoms with Crippen LogP contribution < -0.4 is 4.74 Å². The van der Waals surface area contributed by atoms with Crippen molar-refractivity contribution in [3.63, 3.8) is 0 Å². The van der Waals surface area contributed by atoms with Gasteiger partial charge in [0.1, 0.15) is 5.75 Å². The summed E-state index contributed by atoms with van der Waals surface area (Å²) in [5.41, 5.74) is 5.34. The number of thiophene rings is 1.